The van der Waals surface area contributed by atoms with E-state index in [2.05, 4.69) is 10.4 Å². The number of carbonyl (C=O) groups is 1. The van der Waals surface area contributed by atoms with E-state index >= 15 is 0 Å². The van der Waals surface area contributed by atoms with Gasteiger partial charge in [-0.1, -0.05) is 41.4 Å². The van der Waals surface area contributed by atoms with Crippen molar-refractivity contribution in [2.75, 3.05) is 13.2 Å². The van der Waals surface area contributed by atoms with Gasteiger partial charge in [-0.15, -0.1) is 0 Å². The number of halogens is 1. The molecule has 1 amide bonds. The van der Waals surface area contributed by atoms with Crippen molar-refractivity contribution in [2.45, 2.75) is 13.5 Å². The van der Waals surface area contributed by atoms with Gasteiger partial charge in [0.25, 0.3) is 11.5 Å². The maximum absolute atomic E-state index is 12.0. The Kier molecular flexibility index (Phi) is 6.45. The Bertz CT molecular complexity index is 999. The molecule has 0 unspecified atom stereocenters. The largest absolute Gasteiger partial charge is 0.484 e. The molecular formula is C21H20ClN3O3. The summed E-state index contributed by atoms with van der Waals surface area (Å²) in [5.41, 5.74) is 2.40. The lowest BCUT2D eigenvalue weighted by molar-refractivity contribution is -0.123. The third kappa shape index (κ3) is 5.44. The van der Waals surface area contributed by atoms with Crippen molar-refractivity contribution in [2.24, 2.45) is 0 Å². The van der Waals surface area contributed by atoms with Crippen LogP contribution in [0, 0.1) is 6.92 Å². The summed E-state index contributed by atoms with van der Waals surface area (Å²) in [4.78, 5) is 23.9. The monoisotopic (exact) mass is 397 g/mol. The molecule has 0 aliphatic carbocycles. The molecular weight excluding hydrogens is 378 g/mol. The highest BCUT2D eigenvalue weighted by molar-refractivity contribution is 6.30. The Balaban J connectivity index is 1.53. The lowest BCUT2D eigenvalue weighted by Gasteiger charge is -2.09. The average molecular weight is 398 g/mol. The van der Waals surface area contributed by atoms with Crippen LogP contribution in [0.4, 0.5) is 0 Å². The SMILES string of the molecule is Cc1ccc(OCC(=O)NCCn2nc(-c3ccc(Cl)cc3)ccc2=O)cc1. The smallest absolute Gasteiger partial charge is 0.266 e. The van der Waals surface area contributed by atoms with Gasteiger partial charge in [-0.05, 0) is 37.3 Å². The van der Waals surface area contributed by atoms with Gasteiger partial charge in [0.05, 0.1) is 12.2 Å². The molecule has 0 radical (unpaired) electrons. The van der Waals surface area contributed by atoms with Gasteiger partial charge in [0.2, 0.25) is 0 Å². The molecule has 3 aromatic rings. The van der Waals surface area contributed by atoms with Crippen molar-refractivity contribution >= 4 is 17.5 Å². The lowest BCUT2D eigenvalue weighted by Crippen LogP contribution is -2.34. The molecule has 0 spiro atoms. The minimum atomic E-state index is -0.262. The molecule has 28 heavy (non-hydrogen) atoms. The Labute approximate surface area is 167 Å². The van der Waals surface area contributed by atoms with E-state index < -0.39 is 0 Å². The van der Waals surface area contributed by atoms with Crippen molar-refractivity contribution in [3.05, 3.63) is 81.6 Å². The van der Waals surface area contributed by atoms with Gasteiger partial charge in [-0.2, -0.15) is 5.10 Å². The van der Waals surface area contributed by atoms with E-state index in [1.54, 1.807) is 18.2 Å². The van der Waals surface area contributed by atoms with E-state index in [0.29, 0.717) is 16.5 Å². The number of rotatable bonds is 7. The summed E-state index contributed by atoms with van der Waals surface area (Å²) in [7, 11) is 0. The van der Waals surface area contributed by atoms with Crippen LogP contribution >= 0.6 is 11.6 Å². The van der Waals surface area contributed by atoms with Gasteiger partial charge in [0.1, 0.15) is 5.75 Å². The summed E-state index contributed by atoms with van der Waals surface area (Å²) < 4.78 is 6.75. The van der Waals surface area contributed by atoms with E-state index in [9.17, 15) is 9.59 Å². The molecule has 2 aromatic carbocycles. The van der Waals surface area contributed by atoms with Crippen LogP contribution in [0.1, 0.15) is 5.56 Å². The van der Waals surface area contributed by atoms with Crippen LogP contribution in [0.15, 0.2) is 65.5 Å². The van der Waals surface area contributed by atoms with E-state index in [1.807, 2.05) is 43.3 Å². The van der Waals surface area contributed by atoms with Crippen LogP contribution in [0.2, 0.25) is 5.02 Å². The Morgan fingerprint density at radius 1 is 1.07 bits per heavy atom. The van der Waals surface area contributed by atoms with Gasteiger partial charge in [0, 0.05) is 23.2 Å². The second-order valence-corrected chi connectivity index (χ2v) is 6.67. The molecule has 1 aromatic heterocycles. The summed E-state index contributed by atoms with van der Waals surface area (Å²) in [5, 5.41) is 7.71. The highest BCUT2D eigenvalue weighted by Gasteiger charge is 2.06. The van der Waals surface area contributed by atoms with Crippen LogP contribution in [0.3, 0.4) is 0 Å². The second-order valence-electron chi connectivity index (χ2n) is 6.24. The fourth-order valence-corrected chi connectivity index (χ4v) is 2.65. The summed E-state index contributed by atoms with van der Waals surface area (Å²) in [6, 6.07) is 17.8. The minimum absolute atomic E-state index is 0.0871. The highest BCUT2D eigenvalue weighted by atomic mass is 35.5. The lowest BCUT2D eigenvalue weighted by atomic mass is 10.1. The molecule has 1 N–H and O–H groups in total. The zero-order chi connectivity index (χ0) is 19.9. The van der Waals surface area contributed by atoms with Crippen LogP contribution in [-0.2, 0) is 11.3 Å². The number of carbonyl (C=O) groups excluding carboxylic acids is 1. The Morgan fingerprint density at radius 2 is 1.79 bits per heavy atom. The quantitative estimate of drug-likeness (QED) is 0.665. The van der Waals surface area contributed by atoms with Crippen LogP contribution in [0.5, 0.6) is 5.75 Å². The zero-order valence-corrected chi connectivity index (χ0v) is 16.1. The molecule has 1 heterocycles. The second kappa shape index (κ2) is 9.19. The third-order valence-corrected chi connectivity index (χ3v) is 4.30. The van der Waals surface area contributed by atoms with Crippen molar-refractivity contribution in [3.63, 3.8) is 0 Å². The number of aryl methyl sites for hydroxylation is 1. The first kappa shape index (κ1) is 19.6. The fraction of sp³-hybridized carbons (Fsp3) is 0.190. The summed E-state index contributed by atoms with van der Waals surface area (Å²) >= 11 is 5.90. The third-order valence-electron chi connectivity index (χ3n) is 4.04. The van der Waals surface area contributed by atoms with E-state index in [-0.39, 0.29) is 31.2 Å². The molecule has 0 saturated heterocycles. The molecule has 0 aliphatic heterocycles. The number of nitrogens with zero attached hydrogens (tertiary/aromatic N) is 2. The first-order chi connectivity index (χ1) is 13.5. The predicted octanol–water partition coefficient (Wildman–Crippen LogP) is 3.07. The first-order valence-corrected chi connectivity index (χ1v) is 9.19. The molecule has 0 fully saturated rings. The molecule has 144 valence electrons. The summed E-state index contributed by atoms with van der Waals surface area (Å²) in [5.74, 6) is 0.372. The average Bonchev–Trinajstić information content (AvgIpc) is 2.70. The fourth-order valence-electron chi connectivity index (χ4n) is 2.52. The van der Waals surface area contributed by atoms with Crippen molar-refractivity contribution in [3.8, 4) is 17.0 Å². The van der Waals surface area contributed by atoms with Crippen LogP contribution in [-0.4, -0.2) is 28.8 Å². The maximum Gasteiger partial charge on any atom is 0.266 e. The van der Waals surface area contributed by atoms with Gasteiger partial charge < -0.3 is 10.1 Å². The van der Waals surface area contributed by atoms with E-state index in [0.717, 1.165) is 11.1 Å². The number of hydrogen-bond acceptors (Lipinski definition) is 4. The number of ether oxygens (including phenoxy) is 1. The van der Waals surface area contributed by atoms with Gasteiger partial charge in [0.15, 0.2) is 6.61 Å². The van der Waals surface area contributed by atoms with Gasteiger partial charge >= 0.3 is 0 Å². The van der Waals surface area contributed by atoms with Crippen molar-refractivity contribution < 1.29 is 9.53 Å². The normalized spacial score (nSPS) is 10.5. The molecule has 0 saturated carbocycles. The zero-order valence-electron chi connectivity index (χ0n) is 15.4. The van der Waals surface area contributed by atoms with E-state index in [1.165, 1.54) is 10.7 Å². The number of nitrogens with one attached hydrogen (secondary N) is 1. The molecule has 0 aliphatic rings. The predicted molar refractivity (Wildman–Crippen MR) is 109 cm³/mol. The van der Waals surface area contributed by atoms with Crippen molar-refractivity contribution in [1.82, 2.24) is 15.1 Å². The molecule has 0 bridgehead atoms. The summed E-state index contributed by atoms with van der Waals surface area (Å²) in [6.45, 7) is 2.42. The number of hydrogen-bond donors (Lipinski definition) is 1. The first-order valence-electron chi connectivity index (χ1n) is 8.81. The Morgan fingerprint density at radius 3 is 2.50 bits per heavy atom. The van der Waals surface area contributed by atoms with Crippen LogP contribution < -0.4 is 15.6 Å². The van der Waals surface area contributed by atoms with Crippen molar-refractivity contribution in [1.29, 1.82) is 0 Å². The number of benzene rings is 2. The molecule has 6 nitrogen and oxygen atoms in total. The Hall–Kier alpha value is -3.12. The number of aromatic nitrogens is 2. The highest BCUT2D eigenvalue weighted by Crippen LogP contribution is 2.18. The summed E-state index contributed by atoms with van der Waals surface area (Å²) in [6.07, 6.45) is 0. The topological polar surface area (TPSA) is 73.2 Å². The minimum Gasteiger partial charge on any atom is -0.484 e. The van der Waals surface area contributed by atoms with Gasteiger partial charge in [-0.3, -0.25) is 9.59 Å². The molecule has 3 rings (SSSR count). The van der Waals surface area contributed by atoms with Gasteiger partial charge in [-0.25, -0.2) is 4.68 Å². The number of amides is 1. The maximum atomic E-state index is 12.0. The standard InChI is InChI=1S/C21H20ClN3O3/c1-15-2-8-18(9-3-15)28-14-20(26)23-12-13-25-21(27)11-10-19(24-25)16-4-6-17(22)7-5-16/h2-11H,12-14H2,1H3,(H,23,26). The van der Waals surface area contributed by atoms with Crippen LogP contribution in [0.25, 0.3) is 11.3 Å². The molecule has 0 atom stereocenters. The van der Waals surface area contributed by atoms with E-state index in [4.69, 9.17) is 16.3 Å². The molecule has 7 heteroatoms.